The molecular weight excluding hydrogens is 430 g/mol. The maximum Gasteiger partial charge on any atom is 0.318 e. The average molecular weight is 449 g/mol. The van der Waals surface area contributed by atoms with Crippen LogP contribution in [0.3, 0.4) is 0 Å². The van der Waals surface area contributed by atoms with Crippen molar-refractivity contribution in [3.63, 3.8) is 0 Å². The van der Waals surface area contributed by atoms with Gasteiger partial charge in [-0.3, -0.25) is 20.2 Å². The Morgan fingerprint density at radius 3 is 2.00 bits per heavy atom. The van der Waals surface area contributed by atoms with E-state index in [0.29, 0.717) is 17.2 Å². The number of non-ortho nitro benzene ring substituents is 1. The first-order valence-electron chi connectivity index (χ1n) is 10.0. The first-order chi connectivity index (χ1) is 15.9. The third-order valence-electron chi connectivity index (χ3n) is 5.52. The molecule has 0 spiro atoms. The Morgan fingerprint density at radius 1 is 0.939 bits per heavy atom. The summed E-state index contributed by atoms with van der Waals surface area (Å²) in [4.78, 5) is 25.6. The Bertz CT molecular complexity index is 1190. The second kappa shape index (κ2) is 8.67. The Balaban J connectivity index is 1.94. The molecule has 1 heterocycles. The molecule has 2 N–H and O–H groups in total. The Morgan fingerprint density at radius 2 is 1.52 bits per heavy atom. The lowest BCUT2D eigenvalue weighted by atomic mass is 9.79. The van der Waals surface area contributed by atoms with Crippen LogP contribution in [0.2, 0.25) is 0 Å². The van der Waals surface area contributed by atoms with Gasteiger partial charge in [-0.1, -0.05) is 60.7 Å². The van der Waals surface area contributed by atoms with Crippen molar-refractivity contribution in [2.45, 2.75) is 18.1 Å². The number of aliphatic hydroxyl groups is 1. The topological polar surface area (TPSA) is 148 Å². The molecule has 0 fully saturated rings. The quantitative estimate of drug-likeness (QED) is 0.413. The van der Waals surface area contributed by atoms with Crippen LogP contribution in [0, 0.1) is 20.2 Å². The highest BCUT2D eigenvalue weighted by molar-refractivity contribution is 6.00. The minimum atomic E-state index is -1.23. The van der Waals surface area contributed by atoms with Gasteiger partial charge in [0.25, 0.3) is 5.69 Å². The van der Waals surface area contributed by atoms with Crippen LogP contribution >= 0.6 is 0 Å². The number of ether oxygens (including phenoxy) is 1. The van der Waals surface area contributed by atoms with E-state index in [2.05, 4.69) is 4.99 Å². The molecular formula is C23H19N3O7. The van der Waals surface area contributed by atoms with E-state index < -0.39 is 38.6 Å². The molecule has 0 radical (unpaired) electrons. The van der Waals surface area contributed by atoms with E-state index in [4.69, 9.17) is 4.74 Å². The number of rotatable bonds is 7. The van der Waals surface area contributed by atoms with Gasteiger partial charge in [0, 0.05) is 23.8 Å². The Hall–Kier alpha value is -4.31. The molecule has 0 aliphatic carbocycles. The Kier molecular flexibility index (Phi) is 5.76. The van der Waals surface area contributed by atoms with Crippen LogP contribution in [0.15, 0.2) is 77.8 Å². The van der Waals surface area contributed by atoms with E-state index in [1.807, 2.05) is 60.7 Å². The van der Waals surface area contributed by atoms with Crippen molar-refractivity contribution < 1.29 is 24.8 Å². The molecule has 0 bridgehead atoms. The molecule has 0 unspecified atom stereocenters. The molecule has 0 aromatic heterocycles. The van der Waals surface area contributed by atoms with Gasteiger partial charge in [0.1, 0.15) is 6.04 Å². The molecule has 0 amide bonds. The van der Waals surface area contributed by atoms with E-state index >= 15 is 0 Å². The minimum absolute atomic E-state index is 0.172. The summed E-state index contributed by atoms with van der Waals surface area (Å²) in [5, 5.41) is 43.1. The molecule has 3 aromatic carbocycles. The van der Waals surface area contributed by atoms with Crippen LogP contribution in [0.5, 0.6) is 5.75 Å². The predicted octanol–water partition coefficient (Wildman–Crippen LogP) is 3.68. The SMILES string of the molecule is O=[N+]([O-])c1cc(C2=N[C@@H](CCO)C(c3ccccc3)(c3ccccc3)O2)c(O)c([N+](=O)[O-])c1. The number of aromatic hydroxyl groups is 1. The normalized spacial score (nSPS) is 16.6. The van der Waals surface area contributed by atoms with Gasteiger partial charge in [-0.15, -0.1) is 0 Å². The number of nitrogens with zero attached hydrogens (tertiary/aromatic N) is 3. The predicted molar refractivity (Wildman–Crippen MR) is 118 cm³/mol. The number of phenols is 1. The lowest BCUT2D eigenvalue weighted by molar-refractivity contribution is -0.394. The van der Waals surface area contributed by atoms with Crippen molar-refractivity contribution in [3.8, 4) is 5.75 Å². The van der Waals surface area contributed by atoms with Crippen LogP contribution in [-0.4, -0.2) is 38.6 Å². The summed E-state index contributed by atoms with van der Waals surface area (Å²) in [6.45, 7) is -0.229. The number of nitro groups is 2. The number of hydrogen-bond donors (Lipinski definition) is 2. The first-order valence-corrected chi connectivity index (χ1v) is 10.0. The molecule has 0 saturated heterocycles. The lowest BCUT2D eigenvalue weighted by Gasteiger charge is -2.34. The van der Waals surface area contributed by atoms with Crippen molar-refractivity contribution in [3.05, 3.63) is 110 Å². The van der Waals surface area contributed by atoms with E-state index in [0.717, 1.165) is 6.07 Å². The van der Waals surface area contributed by atoms with Crippen LogP contribution < -0.4 is 0 Å². The fraction of sp³-hybridized carbons (Fsp3) is 0.174. The highest BCUT2D eigenvalue weighted by atomic mass is 16.6. The summed E-state index contributed by atoms with van der Waals surface area (Å²) in [6, 6.07) is 19.2. The summed E-state index contributed by atoms with van der Waals surface area (Å²) in [7, 11) is 0. The van der Waals surface area contributed by atoms with Crippen molar-refractivity contribution in [1.29, 1.82) is 0 Å². The highest BCUT2D eigenvalue weighted by Gasteiger charge is 2.50. The van der Waals surface area contributed by atoms with Crippen molar-refractivity contribution in [1.82, 2.24) is 0 Å². The molecule has 3 aromatic rings. The van der Waals surface area contributed by atoms with Crippen LogP contribution in [0.25, 0.3) is 0 Å². The number of hydrogen-bond acceptors (Lipinski definition) is 8. The second-order valence-corrected chi connectivity index (χ2v) is 7.41. The first kappa shape index (κ1) is 21.9. The number of aliphatic imine (C=N–C) groups is 1. The molecule has 0 saturated carbocycles. The fourth-order valence-corrected chi connectivity index (χ4v) is 4.05. The van der Waals surface area contributed by atoms with Crippen molar-refractivity contribution >= 4 is 17.3 Å². The molecule has 10 heteroatoms. The van der Waals surface area contributed by atoms with E-state index in [1.54, 1.807) is 0 Å². The molecule has 1 aliphatic heterocycles. The maximum atomic E-state index is 11.4. The monoisotopic (exact) mass is 449 g/mol. The van der Waals surface area contributed by atoms with E-state index in [1.165, 1.54) is 0 Å². The standard InChI is InChI=1S/C23H19N3O7/c27-12-11-20-23(15-7-3-1-4-8-15,16-9-5-2-6-10-16)33-22(24-20)18-13-17(25(29)30)14-19(21(18)28)26(31)32/h1-10,13-14,20,27-28H,11-12H2/t20-/m0/s1. The number of nitro benzene ring substituents is 2. The fourth-order valence-electron chi connectivity index (χ4n) is 4.05. The third kappa shape index (κ3) is 3.76. The molecule has 33 heavy (non-hydrogen) atoms. The van der Waals surface area contributed by atoms with Crippen molar-refractivity contribution in [2.24, 2.45) is 4.99 Å². The summed E-state index contributed by atoms with van der Waals surface area (Å²) in [6.07, 6.45) is 0.172. The van der Waals surface area contributed by atoms with Crippen LogP contribution in [0.1, 0.15) is 23.1 Å². The van der Waals surface area contributed by atoms with Gasteiger partial charge in [0.05, 0.1) is 21.5 Å². The number of phenolic OH excluding ortho intramolecular Hbond substituents is 1. The zero-order valence-electron chi connectivity index (χ0n) is 17.2. The van der Waals surface area contributed by atoms with Crippen molar-refractivity contribution in [2.75, 3.05) is 6.61 Å². The third-order valence-corrected chi connectivity index (χ3v) is 5.52. The Labute approximate surface area is 187 Å². The molecule has 10 nitrogen and oxygen atoms in total. The summed E-state index contributed by atoms with van der Waals surface area (Å²) < 4.78 is 6.36. The highest BCUT2D eigenvalue weighted by Crippen LogP contribution is 2.46. The van der Waals surface area contributed by atoms with Crippen LogP contribution in [-0.2, 0) is 10.3 Å². The molecule has 168 valence electrons. The summed E-state index contributed by atoms with van der Waals surface area (Å²) in [5.41, 5.74) is -1.52. The van der Waals surface area contributed by atoms with Gasteiger partial charge in [-0.25, -0.2) is 4.99 Å². The number of benzene rings is 3. The maximum absolute atomic E-state index is 11.4. The van der Waals surface area contributed by atoms with Gasteiger partial charge >= 0.3 is 5.69 Å². The van der Waals surface area contributed by atoms with Gasteiger partial charge < -0.3 is 14.9 Å². The average Bonchev–Trinajstić information content (AvgIpc) is 3.20. The number of aliphatic hydroxyl groups excluding tert-OH is 1. The van der Waals surface area contributed by atoms with Gasteiger partial charge in [-0.05, 0) is 6.42 Å². The molecule has 1 atom stereocenters. The van der Waals surface area contributed by atoms with Crippen LogP contribution in [0.4, 0.5) is 11.4 Å². The van der Waals surface area contributed by atoms with Gasteiger partial charge in [0.2, 0.25) is 11.6 Å². The van der Waals surface area contributed by atoms with Gasteiger partial charge in [0.15, 0.2) is 5.60 Å². The minimum Gasteiger partial charge on any atom is -0.502 e. The summed E-state index contributed by atoms with van der Waals surface area (Å²) >= 11 is 0. The zero-order valence-corrected chi connectivity index (χ0v) is 17.2. The van der Waals surface area contributed by atoms with Gasteiger partial charge in [-0.2, -0.15) is 0 Å². The zero-order chi connectivity index (χ0) is 23.6. The largest absolute Gasteiger partial charge is 0.502 e. The second-order valence-electron chi connectivity index (χ2n) is 7.41. The molecule has 4 rings (SSSR count). The van der Waals surface area contributed by atoms with E-state index in [9.17, 15) is 30.4 Å². The van der Waals surface area contributed by atoms with E-state index in [-0.39, 0.29) is 24.5 Å². The summed E-state index contributed by atoms with van der Waals surface area (Å²) in [5.74, 6) is -0.977. The molecule has 1 aliphatic rings. The smallest absolute Gasteiger partial charge is 0.318 e. The lowest BCUT2D eigenvalue weighted by Crippen LogP contribution is -2.39.